The van der Waals surface area contributed by atoms with E-state index in [0.29, 0.717) is 17.5 Å². The van der Waals surface area contributed by atoms with Crippen molar-refractivity contribution in [1.82, 2.24) is 15.2 Å². The van der Waals surface area contributed by atoms with Crippen molar-refractivity contribution in [2.24, 2.45) is 5.92 Å². The average Bonchev–Trinajstić information content (AvgIpc) is 3.11. The minimum Gasteiger partial charge on any atom is -0.308 e. The van der Waals surface area contributed by atoms with Gasteiger partial charge >= 0.3 is 0 Å². The van der Waals surface area contributed by atoms with Gasteiger partial charge in [0.25, 0.3) is 0 Å². The summed E-state index contributed by atoms with van der Waals surface area (Å²) in [6.07, 6.45) is 4.74. The van der Waals surface area contributed by atoms with Gasteiger partial charge in [0, 0.05) is 48.7 Å². The monoisotopic (exact) mass is 279 g/mol. The van der Waals surface area contributed by atoms with Crippen molar-refractivity contribution in [2.45, 2.75) is 51.1 Å². The van der Waals surface area contributed by atoms with E-state index in [4.69, 9.17) is 0 Å². The van der Waals surface area contributed by atoms with E-state index in [1.165, 1.54) is 24.4 Å². The lowest BCUT2D eigenvalue weighted by Crippen LogP contribution is -2.63. The summed E-state index contributed by atoms with van der Waals surface area (Å²) in [6.45, 7) is 10.5. The Morgan fingerprint density at radius 2 is 2.37 bits per heavy atom. The van der Waals surface area contributed by atoms with Crippen LogP contribution in [0.5, 0.6) is 0 Å². The summed E-state index contributed by atoms with van der Waals surface area (Å²) in [5.41, 5.74) is 0.342. The predicted octanol–water partition coefficient (Wildman–Crippen LogP) is 2.71. The first-order chi connectivity index (χ1) is 9.08. The molecule has 1 aromatic heterocycles. The summed E-state index contributed by atoms with van der Waals surface area (Å²) in [6, 6.07) is 0.634. The van der Waals surface area contributed by atoms with Gasteiger partial charge < -0.3 is 5.32 Å². The molecule has 1 saturated heterocycles. The molecule has 3 unspecified atom stereocenters. The zero-order valence-corrected chi connectivity index (χ0v) is 13.0. The molecule has 1 aliphatic carbocycles. The molecule has 0 aromatic carbocycles. The molecule has 3 rings (SSSR count). The molecule has 1 N–H and O–H groups in total. The lowest BCUT2D eigenvalue weighted by Gasteiger charge is -2.46. The number of nitrogens with one attached hydrogen (secondary N) is 1. The Morgan fingerprint density at radius 1 is 1.58 bits per heavy atom. The standard InChI is InChI=1S/C15H25N3S/c1-11(14-16-6-7-19-14)9-18-10-15(3,13-4-5-13)17-8-12(18)2/h6-7,11-13,17H,4-5,8-10H2,1-3H3. The molecule has 106 valence electrons. The summed E-state index contributed by atoms with van der Waals surface area (Å²) in [5, 5.41) is 7.15. The van der Waals surface area contributed by atoms with Crippen LogP contribution in [0.2, 0.25) is 0 Å². The van der Waals surface area contributed by atoms with E-state index in [2.05, 4.69) is 41.4 Å². The maximum Gasteiger partial charge on any atom is 0.0965 e. The molecule has 3 nitrogen and oxygen atoms in total. The van der Waals surface area contributed by atoms with Crippen molar-refractivity contribution in [3.05, 3.63) is 16.6 Å². The van der Waals surface area contributed by atoms with Gasteiger partial charge in [0.2, 0.25) is 0 Å². The fourth-order valence-corrected chi connectivity index (χ4v) is 3.98. The van der Waals surface area contributed by atoms with Crippen molar-refractivity contribution in [3.63, 3.8) is 0 Å². The second kappa shape index (κ2) is 5.15. The van der Waals surface area contributed by atoms with Gasteiger partial charge in [-0.05, 0) is 32.6 Å². The quantitative estimate of drug-likeness (QED) is 0.918. The van der Waals surface area contributed by atoms with Gasteiger partial charge in [0.15, 0.2) is 0 Å². The van der Waals surface area contributed by atoms with Crippen LogP contribution in [0.25, 0.3) is 0 Å². The molecule has 2 fully saturated rings. The smallest absolute Gasteiger partial charge is 0.0965 e. The van der Waals surface area contributed by atoms with Gasteiger partial charge in [0.1, 0.15) is 0 Å². The van der Waals surface area contributed by atoms with Crippen LogP contribution in [0.15, 0.2) is 11.6 Å². The Kier molecular flexibility index (Phi) is 3.67. The highest BCUT2D eigenvalue weighted by Gasteiger charge is 2.45. The van der Waals surface area contributed by atoms with Crippen LogP contribution in [0.3, 0.4) is 0 Å². The number of aromatic nitrogens is 1. The fourth-order valence-electron chi connectivity index (χ4n) is 3.29. The summed E-state index contributed by atoms with van der Waals surface area (Å²) in [4.78, 5) is 7.13. The number of rotatable bonds is 4. The van der Waals surface area contributed by atoms with Crippen molar-refractivity contribution in [2.75, 3.05) is 19.6 Å². The molecule has 3 atom stereocenters. The van der Waals surface area contributed by atoms with Gasteiger partial charge in [-0.2, -0.15) is 0 Å². The lowest BCUT2D eigenvalue weighted by atomic mass is 9.90. The second-order valence-electron chi connectivity index (χ2n) is 6.62. The van der Waals surface area contributed by atoms with Crippen molar-refractivity contribution in [1.29, 1.82) is 0 Å². The zero-order valence-electron chi connectivity index (χ0n) is 12.2. The normalized spacial score (nSPS) is 34.4. The van der Waals surface area contributed by atoms with Crippen LogP contribution in [0, 0.1) is 5.92 Å². The van der Waals surface area contributed by atoms with Crippen LogP contribution in [-0.4, -0.2) is 41.1 Å². The molecule has 2 aliphatic rings. The first-order valence-corrected chi connectivity index (χ1v) is 8.35. The minimum absolute atomic E-state index is 0.342. The molecule has 0 amide bonds. The second-order valence-corrected chi connectivity index (χ2v) is 7.55. The number of piperazine rings is 1. The Morgan fingerprint density at radius 3 is 3.00 bits per heavy atom. The molecule has 19 heavy (non-hydrogen) atoms. The molecule has 0 radical (unpaired) electrons. The highest BCUT2D eigenvalue weighted by Crippen LogP contribution is 2.41. The van der Waals surface area contributed by atoms with E-state index in [9.17, 15) is 0 Å². The summed E-state index contributed by atoms with van der Waals surface area (Å²) in [7, 11) is 0. The van der Waals surface area contributed by atoms with Crippen LogP contribution >= 0.6 is 11.3 Å². The first-order valence-electron chi connectivity index (χ1n) is 7.47. The Bertz CT molecular complexity index is 415. The van der Waals surface area contributed by atoms with E-state index >= 15 is 0 Å². The van der Waals surface area contributed by atoms with Crippen LogP contribution < -0.4 is 5.32 Å². The number of nitrogens with zero attached hydrogens (tertiary/aromatic N) is 2. The molecule has 1 aliphatic heterocycles. The Hall–Kier alpha value is -0.450. The van der Waals surface area contributed by atoms with Crippen molar-refractivity contribution >= 4 is 11.3 Å². The summed E-state index contributed by atoms with van der Waals surface area (Å²) < 4.78 is 0. The zero-order chi connectivity index (χ0) is 13.5. The van der Waals surface area contributed by atoms with E-state index in [-0.39, 0.29) is 0 Å². The topological polar surface area (TPSA) is 28.2 Å². The third kappa shape index (κ3) is 2.86. The molecular weight excluding hydrogens is 254 g/mol. The van der Waals surface area contributed by atoms with E-state index in [1.807, 2.05) is 6.20 Å². The third-order valence-electron chi connectivity index (χ3n) is 4.82. The van der Waals surface area contributed by atoms with Gasteiger partial charge in [-0.3, -0.25) is 4.90 Å². The van der Waals surface area contributed by atoms with Crippen molar-refractivity contribution < 1.29 is 0 Å². The predicted molar refractivity (Wildman–Crippen MR) is 80.7 cm³/mol. The van der Waals surface area contributed by atoms with Gasteiger partial charge in [-0.15, -0.1) is 11.3 Å². The van der Waals surface area contributed by atoms with E-state index in [1.54, 1.807) is 11.3 Å². The molecular formula is C15H25N3S. The van der Waals surface area contributed by atoms with Gasteiger partial charge in [0.05, 0.1) is 5.01 Å². The highest BCUT2D eigenvalue weighted by atomic mass is 32.1. The molecule has 0 spiro atoms. The largest absolute Gasteiger partial charge is 0.308 e. The van der Waals surface area contributed by atoms with E-state index < -0.39 is 0 Å². The summed E-state index contributed by atoms with van der Waals surface area (Å²) in [5.74, 6) is 1.45. The molecule has 2 heterocycles. The molecule has 0 bridgehead atoms. The molecule has 4 heteroatoms. The fraction of sp³-hybridized carbons (Fsp3) is 0.800. The Balaban J connectivity index is 1.65. The van der Waals surface area contributed by atoms with Gasteiger partial charge in [-0.25, -0.2) is 4.98 Å². The minimum atomic E-state index is 0.342. The Labute approximate surface area is 120 Å². The number of hydrogen-bond donors (Lipinski definition) is 1. The molecule has 1 saturated carbocycles. The first kappa shape index (κ1) is 13.5. The van der Waals surface area contributed by atoms with Crippen LogP contribution in [-0.2, 0) is 0 Å². The van der Waals surface area contributed by atoms with Crippen molar-refractivity contribution in [3.8, 4) is 0 Å². The third-order valence-corrected chi connectivity index (χ3v) is 5.82. The molecule has 1 aromatic rings. The highest BCUT2D eigenvalue weighted by molar-refractivity contribution is 7.09. The maximum atomic E-state index is 4.47. The maximum absolute atomic E-state index is 4.47. The lowest BCUT2D eigenvalue weighted by molar-refractivity contribution is 0.0790. The number of thiazole rings is 1. The SMILES string of the molecule is CC(CN1CC(C)(C2CC2)NCC1C)c1nccs1. The van der Waals surface area contributed by atoms with Crippen LogP contribution in [0.1, 0.15) is 44.5 Å². The number of hydrogen-bond acceptors (Lipinski definition) is 4. The van der Waals surface area contributed by atoms with Gasteiger partial charge in [-0.1, -0.05) is 6.92 Å². The average molecular weight is 279 g/mol. The summed E-state index contributed by atoms with van der Waals surface area (Å²) >= 11 is 1.79. The van der Waals surface area contributed by atoms with E-state index in [0.717, 1.165) is 19.0 Å². The van der Waals surface area contributed by atoms with Crippen LogP contribution in [0.4, 0.5) is 0 Å².